The lowest BCUT2D eigenvalue weighted by atomic mass is 10.2. The average molecular weight is 206 g/mol. The van der Waals surface area contributed by atoms with E-state index in [0.29, 0.717) is 6.54 Å². The highest BCUT2D eigenvalue weighted by Crippen LogP contribution is 2.07. The highest BCUT2D eigenvalue weighted by atomic mass is 35.5. The Bertz CT molecular complexity index is 278. The molecule has 68 valence electrons. The smallest absolute Gasteiger partial charge is 0.0498 e. The fraction of sp³-hybridized carbons (Fsp3) is 0.250. The highest BCUT2D eigenvalue weighted by Gasteiger charge is 1.96. The van der Waals surface area contributed by atoms with Crippen LogP contribution in [0.2, 0.25) is 0 Å². The van der Waals surface area contributed by atoms with Crippen molar-refractivity contribution in [1.29, 1.82) is 0 Å². The molecule has 0 aromatic heterocycles. The normalized spacial score (nSPS) is 11.8. The van der Waals surface area contributed by atoms with Gasteiger partial charge in [0.15, 0.2) is 0 Å². The summed E-state index contributed by atoms with van der Waals surface area (Å²) in [6.45, 7) is 0.505. The summed E-state index contributed by atoms with van der Waals surface area (Å²) in [6.07, 6.45) is 1.66. The van der Waals surface area contributed by atoms with Crippen LogP contribution in [0.5, 0.6) is 0 Å². The third-order valence-electron chi connectivity index (χ3n) is 1.47. The second-order valence-corrected chi connectivity index (χ2v) is 3.69. The van der Waals surface area contributed by atoms with Gasteiger partial charge in [0.2, 0.25) is 0 Å². The summed E-state index contributed by atoms with van der Waals surface area (Å²) in [6, 6.07) is 7.51. The summed E-state index contributed by atoms with van der Waals surface area (Å²) in [5, 5.41) is 0. The maximum Gasteiger partial charge on any atom is 0.0498 e. The molecular formula is C8H12ClNOS. The van der Waals surface area contributed by atoms with Gasteiger partial charge in [0.05, 0.1) is 0 Å². The molecule has 0 saturated heterocycles. The SMILES string of the molecule is CS(=O)c1cccc(CN)c1.Cl. The Morgan fingerprint density at radius 1 is 1.50 bits per heavy atom. The van der Waals surface area contributed by atoms with Crippen LogP contribution in [0.15, 0.2) is 29.2 Å². The predicted molar refractivity (Wildman–Crippen MR) is 53.9 cm³/mol. The first-order valence-corrected chi connectivity index (χ1v) is 4.92. The molecule has 0 fully saturated rings. The zero-order valence-corrected chi connectivity index (χ0v) is 8.45. The Morgan fingerprint density at radius 3 is 2.67 bits per heavy atom. The van der Waals surface area contributed by atoms with Crippen molar-refractivity contribution in [3.05, 3.63) is 29.8 Å². The van der Waals surface area contributed by atoms with E-state index >= 15 is 0 Å². The van der Waals surface area contributed by atoms with E-state index in [-0.39, 0.29) is 12.4 Å². The molecular weight excluding hydrogens is 194 g/mol. The molecule has 1 unspecified atom stereocenters. The zero-order valence-electron chi connectivity index (χ0n) is 6.82. The van der Waals surface area contributed by atoms with Crippen molar-refractivity contribution in [3.63, 3.8) is 0 Å². The first-order valence-electron chi connectivity index (χ1n) is 3.36. The molecule has 0 aliphatic heterocycles. The lowest BCUT2D eigenvalue weighted by Crippen LogP contribution is -1.97. The molecule has 0 heterocycles. The van der Waals surface area contributed by atoms with Crippen molar-refractivity contribution >= 4 is 23.2 Å². The molecule has 2 nitrogen and oxygen atoms in total. The van der Waals surface area contributed by atoms with Gasteiger partial charge in [0.1, 0.15) is 0 Å². The van der Waals surface area contributed by atoms with E-state index in [9.17, 15) is 4.21 Å². The van der Waals surface area contributed by atoms with Crippen molar-refractivity contribution in [1.82, 2.24) is 0 Å². The number of nitrogens with two attached hydrogens (primary N) is 1. The molecule has 0 bridgehead atoms. The highest BCUT2D eigenvalue weighted by molar-refractivity contribution is 7.84. The monoisotopic (exact) mass is 205 g/mol. The van der Waals surface area contributed by atoms with Gasteiger partial charge in [-0.25, -0.2) is 0 Å². The summed E-state index contributed by atoms with van der Waals surface area (Å²) in [4.78, 5) is 0.841. The van der Waals surface area contributed by atoms with Gasteiger partial charge >= 0.3 is 0 Å². The van der Waals surface area contributed by atoms with Crippen LogP contribution in [0.3, 0.4) is 0 Å². The number of hydrogen-bond acceptors (Lipinski definition) is 2. The molecule has 0 aliphatic carbocycles. The number of hydrogen-bond donors (Lipinski definition) is 1. The molecule has 4 heteroatoms. The Hall–Kier alpha value is -0.380. The molecule has 1 rings (SSSR count). The maximum absolute atomic E-state index is 11.0. The summed E-state index contributed by atoms with van der Waals surface area (Å²) in [5.41, 5.74) is 6.45. The second-order valence-electron chi connectivity index (χ2n) is 2.31. The fourth-order valence-corrected chi connectivity index (χ4v) is 1.44. The third-order valence-corrected chi connectivity index (χ3v) is 2.38. The summed E-state index contributed by atoms with van der Waals surface area (Å²) in [5.74, 6) is 0. The zero-order chi connectivity index (χ0) is 8.27. The van der Waals surface area contributed by atoms with Crippen molar-refractivity contribution in [2.24, 2.45) is 5.73 Å². The average Bonchev–Trinajstić information content (AvgIpc) is 2.05. The summed E-state index contributed by atoms with van der Waals surface area (Å²) >= 11 is 0. The number of benzene rings is 1. The van der Waals surface area contributed by atoms with Gasteiger partial charge in [-0.3, -0.25) is 4.21 Å². The van der Waals surface area contributed by atoms with Gasteiger partial charge in [-0.2, -0.15) is 0 Å². The van der Waals surface area contributed by atoms with E-state index in [1.807, 2.05) is 24.3 Å². The summed E-state index contributed by atoms with van der Waals surface area (Å²) in [7, 11) is -0.896. The first-order chi connectivity index (χ1) is 5.24. The van der Waals surface area contributed by atoms with Gasteiger partial charge in [-0.15, -0.1) is 12.4 Å². The molecule has 1 aromatic carbocycles. The molecule has 2 N–H and O–H groups in total. The minimum Gasteiger partial charge on any atom is -0.326 e. The quantitative estimate of drug-likeness (QED) is 0.791. The second kappa shape index (κ2) is 5.30. The molecule has 0 radical (unpaired) electrons. The largest absolute Gasteiger partial charge is 0.326 e. The minimum absolute atomic E-state index is 0. The van der Waals surface area contributed by atoms with E-state index < -0.39 is 10.8 Å². The molecule has 0 saturated carbocycles. The van der Waals surface area contributed by atoms with Gasteiger partial charge in [0, 0.05) is 28.5 Å². The van der Waals surface area contributed by atoms with E-state index in [1.165, 1.54) is 0 Å². The van der Waals surface area contributed by atoms with Crippen LogP contribution in [0.25, 0.3) is 0 Å². The number of halogens is 1. The van der Waals surface area contributed by atoms with Crippen LogP contribution in [0, 0.1) is 0 Å². The Morgan fingerprint density at radius 2 is 2.17 bits per heavy atom. The molecule has 1 aromatic rings. The topological polar surface area (TPSA) is 43.1 Å². The molecule has 1 atom stereocenters. The van der Waals surface area contributed by atoms with Crippen LogP contribution in [0.4, 0.5) is 0 Å². The third kappa shape index (κ3) is 2.93. The van der Waals surface area contributed by atoms with E-state index in [2.05, 4.69) is 0 Å². The van der Waals surface area contributed by atoms with E-state index in [0.717, 1.165) is 10.5 Å². The van der Waals surface area contributed by atoms with Crippen LogP contribution in [-0.2, 0) is 17.3 Å². The van der Waals surface area contributed by atoms with Gasteiger partial charge < -0.3 is 5.73 Å². The van der Waals surface area contributed by atoms with Gasteiger partial charge in [-0.05, 0) is 17.7 Å². The Labute approximate surface area is 81.0 Å². The van der Waals surface area contributed by atoms with Crippen molar-refractivity contribution < 1.29 is 4.21 Å². The van der Waals surface area contributed by atoms with E-state index in [4.69, 9.17) is 5.73 Å². The summed E-state index contributed by atoms with van der Waals surface area (Å²) < 4.78 is 11.0. The van der Waals surface area contributed by atoms with Crippen LogP contribution in [0.1, 0.15) is 5.56 Å². The van der Waals surface area contributed by atoms with Gasteiger partial charge in [0.25, 0.3) is 0 Å². The Balaban J connectivity index is 0.00000121. The standard InChI is InChI=1S/C8H11NOS.ClH/c1-11(10)8-4-2-3-7(5-8)6-9;/h2-5H,6,9H2,1H3;1H. The van der Waals surface area contributed by atoms with Crippen molar-refractivity contribution in [2.75, 3.05) is 6.26 Å². The maximum atomic E-state index is 11.0. The minimum atomic E-state index is -0.896. The van der Waals surface area contributed by atoms with Crippen LogP contribution >= 0.6 is 12.4 Å². The molecule has 0 amide bonds. The van der Waals surface area contributed by atoms with Crippen LogP contribution in [-0.4, -0.2) is 10.5 Å². The number of rotatable bonds is 2. The molecule has 12 heavy (non-hydrogen) atoms. The van der Waals surface area contributed by atoms with Crippen molar-refractivity contribution in [3.8, 4) is 0 Å². The van der Waals surface area contributed by atoms with E-state index in [1.54, 1.807) is 6.26 Å². The fourth-order valence-electron chi connectivity index (χ4n) is 0.851. The van der Waals surface area contributed by atoms with Crippen LogP contribution < -0.4 is 5.73 Å². The molecule has 0 aliphatic rings. The predicted octanol–water partition coefficient (Wildman–Crippen LogP) is 1.30. The lowest BCUT2D eigenvalue weighted by Gasteiger charge is -1.98. The first kappa shape index (κ1) is 11.6. The Kier molecular flexibility index (Phi) is 5.13. The lowest BCUT2D eigenvalue weighted by molar-refractivity contribution is 0.686. The molecule has 0 spiro atoms. The van der Waals surface area contributed by atoms with Crippen molar-refractivity contribution in [2.45, 2.75) is 11.4 Å². The van der Waals surface area contributed by atoms with Gasteiger partial charge in [-0.1, -0.05) is 12.1 Å².